The summed E-state index contributed by atoms with van der Waals surface area (Å²) in [4.78, 5) is 31.7. The molecule has 0 bridgehead atoms. The number of carbonyl (C=O) groups excluding carboxylic acids is 1. The normalized spacial score (nSPS) is 24.4. The van der Waals surface area contributed by atoms with Crippen LogP contribution in [0.25, 0.3) is 0 Å². The summed E-state index contributed by atoms with van der Waals surface area (Å²) in [5, 5.41) is 15.6. The first-order chi connectivity index (χ1) is 20.9. The first kappa shape index (κ1) is 31.6. The van der Waals surface area contributed by atoms with Crippen molar-refractivity contribution in [3.05, 3.63) is 71.6 Å². The molecular weight excluding hydrogens is 561 g/mol. The molecule has 0 radical (unpaired) electrons. The maximum Gasteiger partial charge on any atom is 0.306 e. The molecule has 2 saturated heterocycles. The van der Waals surface area contributed by atoms with E-state index in [9.17, 15) is 14.7 Å². The zero-order valence-corrected chi connectivity index (χ0v) is 26.5. The number of carboxylic acids is 1. The maximum atomic E-state index is 17.1. The summed E-state index contributed by atoms with van der Waals surface area (Å²) in [6.07, 6.45) is 5.13. The van der Waals surface area contributed by atoms with Gasteiger partial charge < -0.3 is 30.3 Å². The summed E-state index contributed by atoms with van der Waals surface area (Å²) in [5.41, 5.74) is 1.67. The van der Waals surface area contributed by atoms with E-state index in [4.69, 9.17) is 4.74 Å². The maximum absolute atomic E-state index is 17.1. The van der Waals surface area contributed by atoms with Gasteiger partial charge >= 0.3 is 5.97 Å². The van der Waals surface area contributed by atoms with Crippen LogP contribution >= 0.6 is 0 Å². The minimum Gasteiger partial charge on any atom is -0.497 e. The molecule has 44 heavy (non-hydrogen) atoms. The number of carbonyl (C=O) groups is 2. The summed E-state index contributed by atoms with van der Waals surface area (Å²) in [6.45, 7) is 10.5. The lowest BCUT2D eigenvalue weighted by Gasteiger charge is -2.35. The Morgan fingerprint density at radius 2 is 1.84 bits per heavy atom. The lowest BCUT2D eigenvalue weighted by molar-refractivity contribution is -0.142. The summed E-state index contributed by atoms with van der Waals surface area (Å²) in [6, 6.07) is 13.7. The van der Waals surface area contributed by atoms with Crippen molar-refractivity contribution < 1.29 is 23.8 Å². The number of rotatable bonds is 9. The number of ether oxygens (including phenoxy) is 1. The number of anilines is 1. The Kier molecular flexibility index (Phi) is 9.11. The molecule has 0 spiro atoms. The molecule has 3 atom stereocenters. The minimum atomic E-state index is -2.14. The molecule has 5 rings (SSSR count). The number of amides is 1. The molecule has 3 heterocycles. The number of carboxylic acid groups (broad SMARTS) is 1. The highest BCUT2D eigenvalue weighted by Gasteiger charge is 2.56. The molecule has 1 amide bonds. The monoisotopic (exact) mass is 607 g/mol. The zero-order valence-electron chi connectivity index (χ0n) is 26.5. The highest BCUT2D eigenvalue weighted by molar-refractivity contribution is 5.87. The van der Waals surface area contributed by atoms with Crippen molar-refractivity contribution in [2.45, 2.75) is 76.9 Å². The molecule has 1 unspecified atom stereocenters. The van der Waals surface area contributed by atoms with E-state index >= 15 is 4.39 Å². The van der Waals surface area contributed by atoms with Gasteiger partial charge in [-0.2, -0.15) is 0 Å². The molecule has 0 saturated carbocycles. The van der Waals surface area contributed by atoms with Gasteiger partial charge in [-0.25, -0.2) is 4.39 Å². The van der Waals surface area contributed by atoms with Gasteiger partial charge in [0.25, 0.3) is 5.91 Å². The average Bonchev–Trinajstić information content (AvgIpc) is 3.61. The van der Waals surface area contributed by atoms with Crippen molar-refractivity contribution in [1.82, 2.24) is 20.4 Å². The lowest BCUT2D eigenvalue weighted by atomic mass is 9.85. The zero-order chi connectivity index (χ0) is 31.6. The highest BCUT2D eigenvalue weighted by atomic mass is 19.1. The van der Waals surface area contributed by atoms with E-state index in [1.54, 1.807) is 13.3 Å². The van der Waals surface area contributed by atoms with Gasteiger partial charge in [0.05, 0.1) is 13.0 Å². The first-order valence-electron chi connectivity index (χ1n) is 15.6. The van der Waals surface area contributed by atoms with Gasteiger partial charge in [0.2, 0.25) is 5.67 Å². The van der Waals surface area contributed by atoms with Gasteiger partial charge in [-0.3, -0.25) is 14.5 Å². The molecule has 238 valence electrons. The van der Waals surface area contributed by atoms with Crippen LogP contribution in [0.3, 0.4) is 0 Å². The molecular formula is C34H46FN5O4. The van der Waals surface area contributed by atoms with Crippen LogP contribution < -0.4 is 20.3 Å². The number of likely N-dealkylation sites (tertiary alicyclic amines) is 1. The van der Waals surface area contributed by atoms with Gasteiger partial charge in [0.15, 0.2) is 6.29 Å². The number of piperidine rings is 1. The number of aliphatic carboxylic acids is 1. The van der Waals surface area contributed by atoms with E-state index in [0.717, 1.165) is 23.2 Å². The largest absolute Gasteiger partial charge is 0.497 e. The Morgan fingerprint density at radius 1 is 1.14 bits per heavy atom. The SMILES string of the molecule is CCc1ccc(CN2C=CNC2NC(=O)[C@]2(F)CN(C(C)(C)C)C[C@H]2c2ccc(OC)cc2)c(N2CCC(C(=O)O)CC2)c1. The van der Waals surface area contributed by atoms with Gasteiger partial charge in [-0.05, 0) is 74.9 Å². The number of alkyl halides is 1. The van der Waals surface area contributed by atoms with Crippen LogP contribution in [0.5, 0.6) is 5.75 Å². The molecule has 9 nitrogen and oxygen atoms in total. The molecule has 0 aromatic heterocycles. The topological polar surface area (TPSA) is 97.4 Å². The van der Waals surface area contributed by atoms with Crippen LogP contribution in [-0.2, 0) is 22.6 Å². The first-order valence-corrected chi connectivity index (χ1v) is 15.6. The number of nitrogens with one attached hydrogen (secondary N) is 2. The molecule has 2 aromatic carbocycles. The predicted molar refractivity (Wildman–Crippen MR) is 169 cm³/mol. The third kappa shape index (κ3) is 6.50. The van der Waals surface area contributed by atoms with Crippen molar-refractivity contribution in [2.24, 2.45) is 5.92 Å². The summed E-state index contributed by atoms with van der Waals surface area (Å²) >= 11 is 0. The van der Waals surface area contributed by atoms with Crippen molar-refractivity contribution in [2.75, 3.05) is 38.2 Å². The van der Waals surface area contributed by atoms with Crippen molar-refractivity contribution in [3.8, 4) is 5.75 Å². The van der Waals surface area contributed by atoms with E-state index in [-0.39, 0.29) is 18.0 Å². The molecule has 3 aliphatic rings. The number of halogens is 1. The third-order valence-electron chi connectivity index (χ3n) is 9.44. The Balaban J connectivity index is 1.34. The molecule has 3 aliphatic heterocycles. The van der Waals surface area contributed by atoms with Crippen LogP contribution in [0.1, 0.15) is 63.1 Å². The Bertz CT molecular complexity index is 1370. The second-order valence-corrected chi connectivity index (χ2v) is 13.2. The fourth-order valence-electron chi connectivity index (χ4n) is 6.51. The fourth-order valence-corrected chi connectivity index (χ4v) is 6.51. The Morgan fingerprint density at radius 3 is 2.45 bits per heavy atom. The highest BCUT2D eigenvalue weighted by Crippen LogP contribution is 2.42. The number of hydrogen-bond acceptors (Lipinski definition) is 7. The van der Waals surface area contributed by atoms with Crippen molar-refractivity contribution >= 4 is 17.6 Å². The number of aryl methyl sites for hydroxylation is 1. The molecule has 2 aromatic rings. The predicted octanol–water partition coefficient (Wildman–Crippen LogP) is 4.44. The van der Waals surface area contributed by atoms with Crippen LogP contribution in [0.2, 0.25) is 0 Å². The van der Waals surface area contributed by atoms with Crippen molar-refractivity contribution in [1.29, 1.82) is 0 Å². The molecule has 0 aliphatic carbocycles. The molecule has 10 heteroatoms. The van der Waals surface area contributed by atoms with Crippen LogP contribution in [-0.4, -0.2) is 77.6 Å². The lowest BCUT2D eigenvalue weighted by Crippen LogP contribution is -2.57. The van der Waals surface area contributed by atoms with Crippen LogP contribution in [0, 0.1) is 5.92 Å². The second-order valence-electron chi connectivity index (χ2n) is 13.2. The van der Waals surface area contributed by atoms with Gasteiger partial charge in [-0.15, -0.1) is 0 Å². The van der Waals surface area contributed by atoms with Crippen LogP contribution in [0.15, 0.2) is 54.9 Å². The van der Waals surface area contributed by atoms with Gasteiger partial charge in [-0.1, -0.05) is 31.2 Å². The Hall–Kier alpha value is -3.79. The number of benzene rings is 2. The number of nitrogens with zero attached hydrogens (tertiary/aromatic N) is 3. The molecule has 2 fully saturated rings. The van der Waals surface area contributed by atoms with Crippen LogP contribution in [0.4, 0.5) is 10.1 Å². The van der Waals surface area contributed by atoms with E-state index in [0.29, 0.717) is 44.8 Å². The van der Waals surface area contributed by atoms with E-state index in [2.05, 4.69) is 40.7 Å². The number of hydrogen-bond donors (Lipinski definition) is 3. The van der Waals surface area contributed by atoms with E-state index in [1.165, 1.54) is 5.56 Å². The fraction of sp³-hybridized carbons (Fsp3) is 0.529. The standard InChI is InChI=1S/C34H46FN5O4/c1-6-23-7-8-26(29(19-23)38-16-13-25(14-17-38)30(41)42)20-39-18-15-36-32(39)37-31(43)34(35)22-40(33(2,3)4)21-28(34)24-9-11-27(44-5)12-10-24/h7-12,15,18-19,25,28,32,36H,6,13-14,16-17,20-22H2,1-5H3,(H,37,43)(H,41,42)/t28-,32?,34-/m0/s1. The van der Waals surface area contributed by atoms with Crippen molar-refractivity contribution in [3.63, 3.8) is 0 Å². The van der Waals surface area contributed by atoms with E-state index in [1.807, 2.05) is 61.0 Å². The second kappa shape index (κ2) is 12.7. The summed E-state index contributed by atoms with van der Waals surface area (Å²) in [7, 11) is 1.59. The van der Waals surface area contributed by atoms with Gasteiger partial charge in [0.1, 0.15) is 5.75 Å². The molecule has 3 N–H and O–H groups in total. The summed E-state index contributed by atoms with van der Waals surface area (Å²) < 4.78 is 22.4. The average molecular weight is 608 g/mol. The smallest absolute Gasteiger partial charge is 0.306 e. The quantitative estimate of drug-likeness (QED) is 0.385. The summed E-state index contributed by atoms with van der Waals surface area (Å²) in [5.74, 6) is -1.64. The van der Waals surface area contributed by atoms with Gasteiger partial charge in [0, 0.05) is 62.3 Å². The Labute approximate surface area is 260 Å². The van der Waals surface area contributed by atoms with E-state index < -0.39 is 29.8 Å². The number of methoxy groups -OCH3 is 1. The third-order valence-corrected chi connectivity index (χ3v) is 9.44. The minimum absolute atomic E-state index is 0.00585.